The van der Waals surface area contributed by atoms with Crippen molar-refractivity contribution in [2.24, 2.45) is 35.0 Å². The molecule has 8 nitrogen and oxygen atoms in total. The van der Waals surface area contributed by atoms with Gasteiger partial charge in [0.15, 0.2) is 0 Å². The molecule has 5 rings (SSSR count). The molecule has 1 amide bonds. The Hall–Kier alpha value is -1.37. The second-order valence-electron chi connectivity index (χ2n) is 17.1. The van der Waals surface area contributed by atoms with E-state index in [4.69, 9.17) is 4.84 Å². The number of carbonyl (C=O) groups is 1. The lowest BCUT2D eigenvalue weighted by molar-refractivity contribution is -0.182. The Kier molecular flexibility index (Phi) is 14.3. The normalized spacial score (nSPS) is 29.9. The molecule has 1 aromatic carbocycles. The van der Waals surface area contributed by atoms with E-state index < -0.39 is 24.2 Å². The van der Waals surface area contributed by atoms with Gasteiger partial charge in [0.05, 0.1) is 23.0 Å². The van der Waals surface area contributed by atoms with Gasteiger partial charge >= 0.3 is 0 Å². The Morgan fingerprint density at radius 2 is 1.80 bits per heavy atom. The first-order valence-corrected chi connectivity index (χ1v) is 21.1. The zero-order valence-corrected chi connectivity index (χ0v) is 34.8. The third-order valence-electron chi connectivity index (χ3n) is 12.8. The summed E-state index contributed by atoms with van der Waals surface area (Å²) in [6, 6.07) is 12.8. The number of carbonyl (C=O) groups excluding carboxylic acids is 1. The third-order valence-corrected chi connectivity index (χ3v) is 14.4. The van der Waals surface area contributed by atoms with Gasteiger partial charge in [-0.2, -0.15) is 5.06 Å². The first-order valence-electron chi connectivity index (χ1n) is 19.5. The number of thiophene rings is 1. The molecule has 2 aromatic rings. The van der Waals surface area contributed by atoms with E-state index in [9.17, 15) is 15.0 Å². The fourth-order valence-corrected chi connectivity index (χ4v) is 10.6. The first kappa shape index (κ1) is 40.8. The van der Waals surface area contributed by atoms with Crippen LogP contribution < -0.4 is 5.32 Å². The Bertz CT molecular complexity index is 1410. The summed E-state index contributed by atoms with van der Waals surface area (Å²) in [6.07, 6.45) is 3.14. The fourth-order valence-electron chi connectivity index (χ4n) is 9.05. The molecule has 3 aliphatic rings. The highest BCUT2D eigenvalue weighted by Crippen LogP contribution is 2.47. The zero-order valence-electron chi connectivity index (χ0n) is 32.4. The molecule has 9 atom stereocenters. The Morgan fingerprint density at radius 3 is 2.43 bits per heavy atom. The molecule has 2 saturated heterocycles. The van der Waals surface area contributed by atoms with E-state index in [-0.39, 0.29) is 24.0 Å². The Balaban J connectivity index is 1.37. The largest absolute Gasteiger partial charge is 0.394 e. The molecule has 0 radical (unpaired) electrons. The molecule has 10 heteroatoms. The number of hydrogen-bond acceptors (Lipinski definition) is 8. The van der Waals surface area contributed by atoms with Crippen molar-refractivity contribution in [2.45, 2.75) is 131 Å². The molecule has 0 bridgehead atoms. The van der Waals surface area contributed by atoms with Crippen LogP contribution in [0.25, 0.3) is 0 Å². The van der Waals surface area contributed by atoms with Gasteiger partial charge in [0.2, 0.25) is 5.91 Å². The van der Waals surface area contributed by atoms with Gasteiger partial charge in [-0.25, -0.2) is 0 Å². The molecule has 0 spiro atoms. The number of nitrogens with zero attached hydrogens (tertiary/aromatic N) is 3. The monoisotopic (exact) mass is 788 g/mol. The summed E-state index contributed by atoms with van der Waals surface area (Å²) in [7, 11) is 0. The van der Waals surface area contributed by atoms with Crippen LogP contribution in [0, 0.1) is 35.0 Å². The number of hydrogen-bond donors (Lipinski definition) is 3. The van der Waals surface area contributed by atoms with Crippen LogP contribution >= 0.6 is 27.3 Å². The second kappa shape index (κ2) is 17.8. The van der Waals surface area contributed by atoms with E-state index in [0.717, 1.165) is 41.8 Å². The minimum absolute atomic E-state index is 0.0397. The average molecular weight is 790 g/mol. The molecular formula is C41H65BrN4O4S. The lowest BCUT2D eigenvalue weighted by Crippen LogP contribution is -2.56. The van der Waals surface area contributed by atoms with Gasteiger partial charge in [-0.3, -0.25) is 14.5 Å². The van der Waals surface area contributed by atoms with Crippen LogP contribution in [0.15, 0.2) is 40.2 Å². The summed E-state index contributed by atoms with van der Waals surface area (Å²) in [4.78, 5) is 27.2. The van der Waals surface area contributed by atoms with Crippen LogP contribution in [0.2, 0.25) is 0 Å². The minimum atomic E-state index is -0.825. The lowest BCUT2D eigenvalue weighted by Gasteiger charge is -2.50. The van der Waals surface area contributed by atoms with Crippen LogP contribution in [0.1, 0.15) is 97.1 Å². The third kappa shape index (κ3) is 10.0. The van der Waals surface area contributed by atoms with Crippen LogP contribution in [0.3, 0.4) is 0 Å². The quantitative estimate of drug-likeness (QED) is 0.174. The molecular weight excluding hydrogens is 724 g/mol. The van der Waals surface area contributed by atoms with E-state index in [0.29, 0.717) is 36.3 Å². The van der Waals surface area contributed by atoms with Crippen molar-refractivity contribution in [3.05, 3.63) is 56.2 Å². The van der Waals surface area contributed by atoms with Crippen molar-refractivity contribution in [2.75, 3.05) is 26.2 Å². The van der Waals surface area contributed by atoms with Gasteiger partial charge in [-0.05, 0) is 114 Å². The number of amides is 1. The minimum Gasteiger partial charge on any atom is -0.394 e. The molecule has 1 aliphatic carbocycles. The lowest BCUT2D eigenvalue weighted by atomic mass is 9.58. The summed E-state index contributed by atoms with van der Waals surface area (Å²) < 4.78 is 1.16. The van der Waals surface area contributed by atoms with E-state index in [2.05, 4.69) is 116 Å². The highest BCUT2D eigenvalue weighted by Gasteiger charge is 2.51. The summed E-state index contributed by atoms with van der Waals surface area (Å²) in [5, 5.41) is 26.4. The van der Waals surface area contributed by atoms with Gasteiger partial charge in [-0.15, -0.1) is 11.3 Å². The van der Waals surface area contributed by atoms with Crippen molar-refractivity contribution in [1.82, 2.24) is 20.2 Å². The zero-order chi connectivity index (χ0) is 37.0. The van der Waals surface area contributed by atoms with Crippen LogP contribution in [-0.2, 0) is 29.3 Å². The molecule has 2 aliphatic heterocycles. The number of halogens is 1. The van der Waals surface area contributed by atoms with Crippen molar-refractivity contribution in [3.8, 4) is 0 Å². The number of aliphatic hydroxyl groups excluding tert-OH is 2. The predicted octanol–water partition coefficient (Wildman–Crippen LogP) is 7.32. The summed E-state index contributed by atoms with van der Waals surface area (Å²) in [6.45, 7) is 23.2. The number of hydroxylamine groups is 2. The maximum atomic E-state index is 14.3. The Labute approximate surface area is 320 Å². The predicted molar refractivity (Wildman–Crippen MR) is 211 cm³/mol. The highest BCUT2D eigenvalue weighted by atomic mass is 79.9. The van der Waals surface area contributed by atoms with Crippen LogP contribution in [0.5, 0.6) is 0 Å². The number of benzene rings is 1. The average Bonchev–Trinajstić information content (AvgIpc) is 3.82. The number of nitrogens with one attached hydrogen (secondary N) is 1. The fraction of sp³-hybridized carbons (Fsp3) is 0.732. The molecule has 51 heavy (non-hydrogen) atoms. The molecule has 3 fully saturated rings. The topological polar surface area (TPSA) is 88.5 Å². The van der Waals surface area contributed by atoms with Gasteiger partial charge in [-0.1, -0.05) is 72.7 Å². The standard InChI is InChI=1S/C41H65BrN4O4S/c1-26(2)18-33(23-44-16-9-10-17-44)45(24-34-14-15-37(42)51-34)21-31-12-11-13-32(20-31)22-46-39(38(30(6)48)36(25-47)50-46)40(49)43-35-19-27(3)41(7,8)29(5)28(35)4/h11-15,20,26-30,33,35-36,38-39,47-48H,9-10,16-19,21-25H2,1-8H3,(H,43,49)/t27-,28+,29+,30+,33+,35+,36+,38-,39+/m1/s1. The van der Waals surface area contributed by atoms with Crippen LogP contribution in [0.4, 0.5) is 0 Å². The number of likely N-dealkylation sites (tertiary alicyclic amines) is 1. The Morgan fingerprint density at radius 1 is 1.10 bits per heavy atom. The summed E-state index contributed by atoms with van der Waals surface area (Å²) in [5.41, 5.74) is 2.46. The molecule has 3 N–H and O–H groups in total. The molecule has 3 heterocycles. The van der Waals surface area contributed by atoms with Gasteiger partial charge in [0.1, 0.15) is 12.1 Å². The van der Waals surface area contributed by atoms with E-state index in [1.807, 2.05) is 11.3 Å². The molecule has 286 valence electrons. The van der Waals surface area contributed by atoms with E-state index in [1.54, 1.807) is 12.0 Å². The summed E-state index contributed by atoms with van der Waals surface area (Å²) in [5.74, 6) is 1.13. The van der Waals surface area contributed by atoms with Gasteiger partial charge < -0.3 is 20.4 Å². The summed E-state index contributed by atoms with van der Waals surface area (Å²) >= 11 is 5.49. The van der Waals surface area contributed by atoms with Crippen molar-refractivity contribution in [1.29, 1.82) is 0 Å². The molecule has 1 aromatic heterocycles. The van der Waals surface area contributed by atoms with Crippen molar-refractivity contribution in [3.63, 3.8) is 0 Å². The molecule has 1 saturated carbocycles. The number of aliphatic hydroxyl groups is 2. The van der Waals surface area contributed by atoms with Crippen molar-refractivity contribution >= 4 is 33.2 Å². The van der Waals surface area contributed by atoms with E-state index >= 15 is 0 Å². The number of rotatable bonds is 15. The van der Waals surface area contributed by atoms with Gasteiger partial charge in [0, 0.05) is 42.5 Å². The van der Waals surface area contributed by atoms with Crippen LogP contribution in [-0.4, -0.2) is 87.6 Å². The SMILES string of the molecule is CC(C)C[C@@H](CN1CCCC1)N(Cc1cccc(CN2O[C@@H](CO)[C@@H]([C@H](C)O)[C@H]2C(=O)N[C@H]2C[C@@H](C)C(C)(C)[C@@H](C)[C@@H]2C)c1)Cc1ccc(Br)s1. The highest BCUT2D eigenvalue weighted by molar-refractivity contribution is 9.11. The maximum absolute atomic E-state index is 14.3. The smallest absolute Gasteiger partial charge is 0.240 e. The van der Waals surface area contributed by atoms with Crippen molar-refractivity contribution < 1.29 is 19.8 Å². The second-order valence-corrected chi connectivity index (χ2v) is 19.7. The van der Waals surface area contributed by atoms with Gasteiger partial charge in [0.25, 0.3) is 0 Å². The first-order chi connectivity index (χ1) is 24.2. The molecule has 0 unspecified atom stereocenters. The maximum Gasteiger partial charge on any atom is 0.240 e. The van der Waals surface area contributed by atoms with E-state index in [1.165, 1.54) is 36.4 Å².